The van der Waals surface area contributed by atoms with Crippen LogP contribution in [0.5, 0.6) is 0 Å². The molecule has 2 atom stereocenters. The van der Waals surface area contributed by atoms with Crippen LogP contribution in [-0.4, -0.2) is 56.9 Å². The lowest BCUT2D eigenvalue weighted by molar-refractivity contribution is -0.138. The fourth-order valence-electron chi connectivity index (χ4n) is 4.93. The fraction of sp³-hybridized carbons (Fsp3) is 0.500. The van der Waals surface area contributed by atoms with Gasteiger partial charge < -0.3 is 24.5 Å². The largest absolute Gasteiger partial charge is 0.507 e. The monoisotopic (exact) mass is 551 g/mol. The van der Waals surface area contributed by atoms with Crippen LogP contribution >= 0.6 is 11.6 Å². The number of nitrogens with one attached hydrogen (secondary N) is 1. The molecule has 0 radical (unpaired) electrons. The van der Waals surface area contributed by atoms with Gasteiger partial charge in [-0.15, -0.1) is 0 Å². The van der Waals surface area contributed by atoms with Crippen LogP contribution in [0.2, 0.25) is 5.02 Å². The van der Waals surface area contributed by atoms with E-state index in [-0.39, 0.29) is 58.9 Å². The molecule has 8 nitrogen and oxygen atoms in total. The van der Waals surface area contributed by atoms with Gasteiger partial charge >= 0.3 is 0 Å². The van der Waals surface area contributed by atoms with Crippen molar-refractivity contribution in [3.05, 3.63) is 46.5 Å². The number of allylic oxidation sites excluding steroid dienone is 1. The standard InChI is InChI=1S/C26H29ClF3N5O3/c1-12(2)35-19-7-15(6-17(28)21(19)33-24(35)26(23(29)30)10-37-11-26)20-16(27)8-31-25(34-20)32-18-5-13(3)9-38-14(4)22(18)36/h6-8,12-13,18,23,36H,5,9-11H2,1-4H3,(H,31,32,34)/t13-,18+/m0/s1. The van der Waals surface area contributed by atoms with Crippen LogP contribution in [0.4, 0.5) is 19.1 Å². The highest BCUT2D eigenvalue weighted by Gasteiger charge is 2.52. The Balaban J connectivity index is 1.59. The van der Waals surface area contributed by atoms with E-state index >= 15 is 4.39 Å². The third kappa shape index (κ3) is 4.45. The first-order valence-electron chi connectivity index (χ1n) is 12.4. The molecule has 2 aliphatic rings. The molecule has 0 unspecified atom stereocenters. The predicted octanol–water partition coefficient (Wildman–Crippen LogP) is 6.03. The summed E-state index contributed by atoms with van der Waals surface area (Å²) in [6.45, 7) is 7.45. The number of halogens is 4. The predicted molar refractivity (Wildman–Crippen MR) is 137 cm³/mol. The normalized spacial score (nSPS) is 21.5. The van der Waals surface area contributed by atoms with E-state index in [0.717, 1.165) is 0 Å². The molecule has 2 aliphatic heterocycles. The fourth-order valence-corrected chi connectivity index (χ4v) is 5.13. The van der Waals surface area contributed by atoms with Gasteiger partial charge in [0.2, 0.25) is 5.95 Å². The molecule has 1 fully saturated rings. The minimum Gasteiger partial charge on any atom is -0.507 e. The van der Waals surface area contributed by atoms with Crippen LogP contribution < -0.4 is 5.32 Å². The molecule has 0 amide bonds. The molecular weight excluding hydrogens is 523 g/mol. The summed E-state index contributed by atoms with van der Waals surface area (Å²) in [5.41, 5.74) is -0.662. The van der Waals surface area contributed by atoms with E-state index in [1.807, 2.05) is 20.8 Å². The summed E-state index contributed by atoms with van der Waals surface area (Å²) < 4.78 is 56.0. The Morgan fingerprint density at radius 1 is 1.24 bits per heavy atom. The van der Waals surface area contributed by atoms with Gasteiger partial charge in [0.15, 0.2) is 11.6 Å². The molecule has 2 N–H and O–H groups in total. The molecule has 1 aromatic carbocycles. The SMILES string of the molecule is CC1=C(O)[C@H](Nc2ncc(Cl)c(-c3cc(F)c4nc(C5(C(F)F)COC5)n(C(C)C)c4c3)n2)C[C@H](C)CO1. The van der Waals surface area contributed by atoms with Crippen molar-refractivity contribution >= 4 is 28.6 Å². The van der Waals surface area contributed by atoms with Gasteiger partial charge in [-0.05, 0) is 45.2 Å². The van der Waals surface area contributed by atoms with E-state index in [1.54, 1.807) is 17.6 Å². The van der Waals surface area contributed by atoms with Crippen LogP contribution in [0.15, 0.2) is 29.8 Å². The first kappa shape index (κ1) is 26.6. The van der Waals surface area contributed by atoms with Crippen molar-refractivity contribution in [3.8, 4) is 11.3 Å². The Hall–Kier alpha value is -3.05. The Bertz CT molecular complexity index is 1410. The Kier molecular flexibility index (Phi) is 6.93. The number of aliphatic hydroxyl groups excluding tert-OH is 1. The van der Waals surface area contributed by atoms with Gasteiger partial charge in [-0.25, -0.2) is 28.1 Å². The van der Waals surface area contributed by atoms with Crippen LogP contribution in [0.25, 0.3) is 22.3 Å². The minimum absolute atomic E-state index is 0.00844. The molecule has 2 aromatic heterocycles. The number of benzene rings is 1. The van der Waals surface area contributed by atoms with Crippen molar-refractivity contribution in [3.63, 3.8) is 0 Å². The third-order valence-corrected chi connectivity index (χ3v) is 7.36. The van der Waals surface area contributed by atoms with E-state index in [9.17, 15) is 13.9 Å². The average Bonchev–Trinajstić information content (AvgIpc) is 3.16. The highest BCUT2D eigenvalue weighted by Crippen LogP contribution is 2.42. The molecular formula is C26H29ClF3N5O3. The number of aromatic nitrogens is 4. The Morgan fingerprint density at radius 2 is 1.97 bits per heavy atom. The van der Waals surface area contributed by atoms with Crippen molar-refractivity contribution in [2.75, 3.05) is 25.1 Å². The summed E-state index contributed by atoms with van der Waals surface area (Å²) in [6.07, 6.45) is -0.748. The number of imidazole rings is 1. The van der Waals surface area contributed by atoms with Gasteiger partial charge in [0.1, 0.15) is 22.5 Å². The summed E-state index contributed by atoms with van der Waals surface area (Å²) in [6, 6.07) is 2.11. The van der Waals surface area contributed by atoms with Crippen molar-refractivity contribution in [1.29, 1.82) is 0 Å². The van der Waals surface area contributed by atoms with E-state index < -0.39 is 23.7 Å². The maximum absolute atomic E-state index is 15.4. The van der Waals surface area contributed by atoms with Crippen molar-refractivity contribution in [1.82, 2.24) is 19.5 Å². The van der Waals surface area contributed by atoms with Crippen molar-refractivity contribution in [2.45, 2.75) is 58.0 Å². The molecule has 12 heteroatoms. The summed E-state index contributed by atoms with van der Waals surface area (Å²) >= 11 is 6.44. The maximum Gasteiger partial charge on any atom is 0.255 e. The molecule has 1 saturated heterocycles. The van der Waals surface area contributed by atoms with Gasteiger partial charge in [-0.2, -0.15) is 0 Å². The second-order valence-electron chi connectivity index (χ2n) is 10.4. The summed E-state index contributed by atoms with van der Waals surface area (Å²) in [5.74, 6) is 0.243. The second-order valence-corrected chi connectivity index (χ2v) is 10.8. The highest BCUT2D eigenvalue weighted by molar-refractivity contribution is 6.33. The smallest absolute Gasteiger partial charge is 0.255 e. The zero-order valence-electron chi connectivity index (χ0n) is 21.4. The molecule has 38 heavy (non-hydrogen) atoms. The summed E-state index contributed by atoms with van der Waals surface area (Å²) in [5, 5.41) is 13.9. The molecule has 0 bridgehead atoms. The number of rotatable bonds is 6. The topological polar surface area (TPSA) is 94.3 Å². The molecule has 0 saturated carbocycles. The summed E-state index contributed by atoms with van der Waals surface area (Å²) in [7, 11) is 0. The highest BCUT2D eigenvalue weighted by atomic mass is 35.5. The molecule has 204 valence electrons. The Morgan fingerprint density at radius 3 is 2.61 bits per heavy atom. The molecule has 0 spiro atoms. The third-order valence-electron chi connectivity index (χ3n) is 7.08. The first-order valence-corrected chi connectivity index (χ1v) is 12.8. The van der Waals surface area contributed by atoms with Gasteiger partial charge in [0, 0.05) is 11.6 Å². The first-order chi connectivity index (χ1) is 18.0. The van der Waals surface area contributed by atoms with E-state index in [1.165, 1.54) is 12.3 Å². The number of hydrogen-bond donors (Lipinski definition) is 2. The van der Waals surface area contributed by atoms with Gasteiger partial charge in [0.25, 0.3) is 6.43 Å². The van der Waals surface area contributed by atoms with Crippen molar-refractivity contribution < 1.29 is 27.8 Å². The quantitative estimate of drug-likeness (QED) is 0.386. The van der Waals surface area contributed by atoms with E-state index in [2.05, 4.69) is 20.3 Å². The lowest BCUT2D eigenvalue weighted by atomic mass is 9.85. The summed E-state index contributed by atoms with van der Waals surface area (Å²) in [4.78, 5) is 13.1. The number of fused-ring (bicyclic) bond motifs is 1. The number of alkyl halides is 2. The van der Waals surface area contributed by atoms with Crippen LogP contribution in [0.3, 0.4) is 0 Å². The zero-order chi connectivity index (χ0) is 27.4. The number of anilines is 1. The average molecular weight is 552 g/mol. The lowest BCUT2D eigenvalue weighted by Crippen LogP contribution is -2.54. The van der Waals surface area contributed by atoms with Crippen LogP contribution in [0.1, 0.15) is 46.0 Å². The van der Waals surface area contributed by atoms with Crippen LogP contribution in [-0.2, 0) is 14.9 Å². The minimum atomic E-state index is -2.72. The van der Waals surface area contributed by atoms with Gasteiger partial charge in [-0.3, -0.25) is 0 Å². The van der Waals surface area contributed by atoms with Crippen LogP contribution in [0, 0.1) is 11.7 Å². The molecule has 3 aromatic rings. The maximum atomic E-state index is 15.4. The molecule has 5 rings (SSSR count). The zero-order valence-corrected chi connectivity index (χ0v) is 22.2. The van der Waals surface area contributed by atoms with Gasteiger partial charge in [-0.1, -0.05) is 18.5 Å². The van der Waals surface area contributed by atoms with E-state index in [4.69, 9.17) is 21.1 Å². The molecule has 4 heterocycles. The number of aliphatic hydroxyl groups is 1. The number of hydrogen-bond acceptors (Lipinski definition) is 7. The van der Waals surface area contributed by atoms with E-state index in [0.29, 0.717) is 29.9 Å². The molecule has 0 aliphatic carbocycles. The Labute approximate surface area is 222 Å². The number of ether oxygens (including phenoxy) is 2. The van der Waals surface area contributed by atoms with Gasteiger partial charge in [0.05, 0.1) is 48.3 Å². The van der Waals surface area contributed by atoms with Crippen molar-refractivity contribution in [2.24, 2.45) is 5.92 Å². The lowest BCUT2D eigenvalue weighted by Gasteiger charge is -2.40. The number of nitrogens with zero attached hydrogens (tertiary/aromatic N) is 4. The second kappa shape index (κ2) is 9.92.